The van der Waals surface area contributed by atoms with Crippen molar-refractivity contribution in [2.45, 2.75) is 13.0 Å². The normalized spacial score (nSPS) is 11.3. The first-order chi connectivity index (χ1) is 8.93. The molecule has 0 bridgehead atoms. The summed E-state index contributed by atoms with van der Waals surface area (Å²) in [5, 5.41) is 8.79. The Kier molecular flexibility index (Phi) is 5.78. The smallest absolute Gasteiger partial charge is 0.251 e. The fraction of sp³-hybridized carbons (Fsp3) is 0.417. The molecule has 1 amide bonds. The quantitative estimate of drug-likeness (QED) is 0.780. The molecule has 0 aromatic heterocycles. The van der Waals surface area contributed by atoms with Crippen molar-refractivity contribution in [3.63, 3.8) is 0 Å². The van der Waals surface area contributed by atoms with Gasteiger partial charge in [-0.3, -0.25) is 9.69 Å². The van der Waals surface area contributed by atoms with E-state index in [4.69, 9.17) is 10.8 Å². The summed E-state index contributed by atoms with van der Waals surface area (Å²) in [5.74, 6) is -1.33. The maximum Gasteiger partial charge on any atom is 0.251 e. The molecule has 0 aliphatic rings. The number of hydrogen-bond acceptors (Lipinski definition) is 3. The third-order valence-corrected chi connectivity index (χ3v) is 2.54. The van der Waals surface area contributed by atoms with Crippen LogP contribution in [0.15, 0.2) is 18.2 Å². The number of alkyl halides is 2. The van der Waals surface area contributed by atoms with E-state index < -0.39 is 24.7 Å². The zero-order valence-electron chi connectivity index (χ0n) is 10.2. The molecule has 1 aromatic carbocycles. The summed E-state index contributed by atoms with van der Waals surface area (Å²) in [6.07, 6.45) is -2.59. The number of rotatable bonds is 7. The summed E-state index contributed by atoms with van der Waals surface area (Å²) >= 11 is 0. The highest BCUT2D eigenvalue weighted by molar-refractivity contribution is 5.92. The van der Waals surface area contributed by atoms with Crippen LogP contribution in [0.4, 0.5) is 13.2 Å². The number of carbonyl (C=O) groups excluding carboxylic acids is 1. The van der Waals surface area contributed by atoms with Gasteiger partial charge in [0.1, 0.15) is 5.82 Å². The van der Waals surface area contributed by atoms with Gasteiger partial charge in [0.25, 0.3) is 6.43 Å². The summed E-state index contributed by atoms with van der Waals surface area (Å²) in [6.45, 7) is -1.03. The molecule has 106 valence electrons. The van der Waals surface area contributed by atoms with Gasteiger partial charge in [-0.2, -0.15) is 0 Å². The average molecular weight is 276 g/mol. The molecule has 0 heterocycles. The Morgan fingerprint density at radius 1 is 1.42 bits per heavy atom. The average Bonchev–Trinajstić information content (AvgIpc) is 2.31. The number of nitrogens with two attached hydrogens (primary N) is 1. The van der Waals surface area contributed by atoms with E-state index in [0.29, 0.717) is 0 Å². The van der Waals surface area contributed by atoms with E-state index in [0.717, 1.165) is 6.07 Å². The molecule has 0 aliphatic carbocycles. The lowest BCUT2D eigenvalue weighted by Gasteiger charge is -2.21. The molecule has 0 saturated carbocycles. The minimum atomic E-state index is -2.59. The fourth-order valence-corrected chi connectivity index (χ4v) is 1.66. The van der Waals surface area contributed by atoms with Crippen LogP contribution in [0.1, 0.15) is 15.9 Å². The lowest BCUT2D eigenvalue weighted by atomic mass is 10.1. The first-order valence-electron chi connectivity index (χ1n) is 5.63. The van der Waals surface area contributed by atoms with Crippen molar-refractivity contribution < 1.29 is 23.1 Å². The maximum atomic E-state index is 13.5. The van der Waals surface area contributed by atoms with Crippen molar-refractivity contribution >= 4 is 5.91 Å². The number of hydrogen-bond donors (Lipinski definition) is 2. The summed E-state index contributed by atoms with van der Waals surface area (Å²) < 4.78 is 38.2. The van der Waals surface area contributed by atoms with Gasteiger partial charge in [0, 0.05) is 24.2 Å². The molecule has 4 nitrogen and oxygen atoms in total. The third-order valence-electron chi connectivity index (χ3n) is 2.54. The highest BCUT2D eigenvalue weighted by Gasteiger charge is 2.15. The number of benzene rings is 1. The van der Waals surface area contributed by atoms with Crippen LogP contribution in [-0.2, 0) is 6.54 Å². The summed E-state index contributed by atoms with van der Waals surface area (Å²) in [6, 6.07) is 3.52. The molecule has 19 heavy (non-hydrogen) atoms. The standard InChI is InChI=1S/C12H15F3N2O2/c13-10-2-1-8(12(16)19)5-9(10)6-17(3-4-18)7-11(14)15/h1-2,5,11,18H,3-4,6-7H2,(H2,16,19). The van der Waals surface area contributed by atoms with Gasteiger partial charge in [-0.1, -0.05) is 0 Å². The fourth-order valence-electron chi connectivity index (χ4n) is 1.66. The third kappa shape index (κ3) is 4.88. The Morgan fingerprint density at radius 3 is 2.63 bits per heavy atom. The highest BCUT2D eigenvalue weighted by Crippen LogP contribution is 2.14. The first kappa shape index (κ1) is 15.5. The van der Waals surface area contributed by atoms with Crippen LogP contribution in [0.3, 0.4) is 0 Å². The molecule has 0 fully saturated rings. The van der Waals surface area contributed by atoms with Crippen LogP contribution in [0.5, 0.6) is 0 Å². The van der Waals surface area contributed by atoms with Crippen molar-refractivity contribution in [2.75, 3.05) is 19.7 Å². The van der Waals surface area contributed by atoms with E-state index in [1.165, 1.54) is 17.0 Å². The van der Waals surface area contributed by atoms with Crippen molar-refractivity contribution in [2.24, 2.45) is 5.73 Å². The second-order valence-corrected chi connectivity index (χ2v) is 4.02. The Balaban J connectivity index is 2.88. The summed E-state index contributed by atoms with van der Waals surface area (Å²) in [4.78, 5) is 12.2. The molecule has 3 N–H and O–H groups in total. The summed E-state index contributed by atoms with van der Waals surface area (Å²) in [5.41, 5.74) is 5.26. The van der Waals surface area contributed by atoms with Gasteiger partial charge in [-0.15, -0.1) is 0 Å². The number of halogens is 3. The highest BCUT2D eigenvalue weighted by atomic mass is 19.3. The SMILES string of the molecule is NC(=O)c1ccc(F)c(CN(CCO)CC(F)F)c1. The van der Waals surface area contributed by atoms with Crippen LogP contribution in [0, 0.1) is 5.82 Å². The minimum Gasteiger partial charge on any atom is -0.395 e. The van der Waals surface area contributed by atoms with Gasteiger partial charge >= 0.3 is 0 Å². The molecule has 0 spiro atoms. The largest absolute Gasteiger partial charge is 0.395 e. The number of aliphatic hydroxyl groups excluding tert-OH is 1. The van der Waals surface area contributed by atoms with Gasteiger partial charge in [-0.05, 0) is 18.2 Å². The predicted molar refractivity (Wildman–Crippen MR) is 63.3 cm³/mol. The topological polar surface area (TPSA) is 66.6 Å². The van der Waals surface area contributed by atoms with Gasteiger partial charge < -0.3 is 10.8 Å². The van der Waals surface area contributed by atoms with Crippen LogP contribution < -0.4 is 5.73 Å². The Morgan fingerprint density at radius 2 is 2.11 bits per heavy atom. The predicted octanol–water partition coefficient (Wildman–Crippen LogP) is 0.984. The monoisotopic (exact) mass is 276 g/mol. The zero-order valence-corrected chi connectivity index (χ0v) is 10.2. The van der Waals surface area contributed by atoms with Crippen LogP contribution in [0.2, 0.25) is 0 Å². The molecule has 0 atom stereocenters. The number of nitrogens with zero attached hydrogens (tertiary/aromatic N) is 1. The zero-order chi connectivity index (χ0) is 14.4. The molecule has 7 heteroatoms. The van der Waals surface area contributed by atoms with Crippen molar-refractivity contribution in [1.82, 2.24) is 4.90 Å². The Labute approximate surface area is 108 Å². The molecule has 0 aliphatic heterocycles. The van der Waals surface area contributed by atoms with Crippen LogP contribution in [0.25, 0.3) is 0 Å². The molecular weight excluding hydrogens is 261 g/mol. The molecule has 0 saturated heterocycles. The minimum absolute atomic E-state index is 0.00935. The van der Waals surface area contributed by atoms with Crippen LogP contribution >= 0.6 is 0 Å². The van der Waals surface area contributed by atoms with Crippen molar-refractivity contribution in [1.29, 1.82) is 0 Å². The Hall–Kier alpha value is -1.60. The second-order valence-electron chi connectivity index (χ2n) is 4.02. The lowest BCUT2D eigenvalue weighted by Crippen LogP contribution is -2.31. The number of aliphatic hydroxyl groups is 1. The van der Waals surface area contributed by atoms with E-state index in [1.807, 2.05) is 0 Å². The van der Waals surface area contributed by atoms with E-state index in [2.05, 4.69) is 0 Å². The molecule has 1 aromatic rings. The second kappa shape index (κ2) is 7.10. The van der Waals surface area contributed by atoms with Crippen molar-refractivity contribution in [3.05, 3.63) is 35.1 Å². The summed E-state index contributed by atoms with van der Waals surface area (Å²) in [7, 11) is 0. The van der Waals surface area contributed by atoms with Crippen molar-refractivity contribution in [3.8, 4) is 0 Å². The Bertz CT molecular complexity index is 441. The van der Waals surface area contributed by atoms with Gasteiger partial charge in [0.05, 0.1) is 13.2 Å². The first-order valence-corrected chi connectivity index (χ1v) is 5.63. The number of primary amides is 1. The maximum absolute atomic E-state index is 13.5. The molecule has 0 unspecified atom stereocenters. The van der Waals surface area contributed by atoms with E-state index in [1.54, 1.807) is 0 Å². The molecular formula is C12H15F3N2O2. The number of amides is 1. The van der Waals surface area contributed by atoms with Gasteiger partial charge in [-0.25, -0.2) is 13.2 Å². The lowest BCUT2D eigenvalue weighted by molar-refractivity contribution is 0.0740. The van der Waals surface area contributed by atoms with E-state index in [-0.39, 0.29) is 30.8 Å². The van der Waals surface area contributed by atoms with Gasteiger partial charge in [0.15, 0.2) is 0 Å². The van der Waals surface area contributed by atoms with Crippen LogP contribution in [-0.4, -0.2) is 42.0 Å². The number of carbonyl (C=O) groups is 1. The molecule has 0 radical (unpaired) electrons. The van der Waals surface area contributed by atoms with Gasteiger partial charge in [0.2, 0.25) is 5.91 Å². The van der Waals surface area contributed by atoms with E-state index in [9.17, 15) is 18.0 Å². The van der Waals surface area contributed by atoms with E-state index >= 15 is 0 Å². The molecule has 1 rings (SSSR count).